The van der Waals surface area contributed by atoms with Gasteiger partial charge in [0.1, 0.15) is 11.4 Å². The molecule has 4 aromatic heterocycles. The number of aromatic nitrogens is 4. The highest BCUT2D eigenvalue weighted by Gasteiger charge is 2.16. The van der Waals surface area contributed by atoms with E-state index in [0.29, 0.717) is 38.2 Å². The molecule has 0 aliphatic rings. The largest absolute Gasteiger partial charge is 0.467 e. The lowest BCUT2D eigenvalue weighted by atomic mass is 10.1. The summed E-state index contributed by atoms with van der Waals surface area (Å²) < 4.78 is 13.7. The molecule has 0 atom stereocenters. The SMILES string of the molecule is COC(=O)c1ccc2c(=O)n(Cc3ccco3)c(SCc3cn4cc(Cl)ccc4n3)nc2c1. The topological polar surface area (TPSA) is 91.6 Å². The van der Waals surface area contributed by atoms with E-state index < -0.39 is 5.97 Å². The Hall–Kier alpha value is -3.56. The second-order valence-electron chi connectivity index (χ2n) is 7.22. The number of esters is 1. The summed E-state index contributed by atoms with van der Waals surface area (Å²) in [6.45, 7) is 0.233. The number of carbonyl (C=O) groups is 1. The zero-order chi connectivity index (χ0) is 22.9. The second-order valence-corrected chi connectivity index (χ2v) is 8.60. The summed E-state index contributed by atoms with van der Waals surface area (Å²) in [6.07, 6.45) is 5.24. The van der Waals surface area contributed by atoms with Crippen molar-refractivity contribution in [1.82, 2.24) is 18.9 Å². The van der Waals surface area contributed by atoms with Crippen molar-refractivity contribution in [2.24, 2.45) is 0 Å². The molecule has 1 aromatic carbocycles. The van der Waals surface area contributed by atoms with E-state index in [-0.39, 0.29) is 12.1 Å². The summed E-state index contributed by atoms with van der Waals surface area (Å²) in [4.78, 5) is 34.6. The van der Waals surface area contributed by atoms with E-state index in [2.05, 4.69) is 4.98 Å². The van der Waals surface area contributed by atoms with Gasteiger partial charge in [0.25, 0.3) is 5.56 Å². The summed E-state index contributed by atoms with van der Waals surface area (Å²) in [5, 5.41) is 1.51. The maximum Gasteiger partial charge on any atom is 0.337 e. The summed E-state index contributed by atoms with van der Waals surface area (Å²) in [5.74, 6) is 0.621. The van der Waals surface area contributed by atoms with Crippen LogP contribution in [0.1, 0.15) is 21.8 Å². The van der Waals surface area contributed by atoms with Crippen LogP contribution in [0, 0.1) is 0 Å². The van der Waals surface area contributed by atoms with Gasteiger partial charge in [-0.1, -0.05) is 23.4 Å². The zero-order valence-electron chi connectivity index (χ0n) is 17.4. The second kappa shape index (κ2) is 8.76. The Morgan fingerprint density at radius 1 is 1.18 bits per heavy atom. The van der Waals surface area contributed by atoms with Crippen LogP contribution in [0.2, 0.25) is 5.02 Å². The van der Waals surface area contributed by atoms with Gasteiger partial charge in [0, 0.05) is 18.1 Å². The number of imidazole rings is 1. The van der Waals surface area contributed by atoms with Crippen LogP contribution < -0.4 is 5.56 Å². The minimum absolute atomic E-state index is 0.225. The van der Waals surface area contributed by atoms with Gasteiger partial charge in [0.05, 0.1) is 47.1 Å². The number of fused-ring (bicyclic) bond motifs is 2. The number of hydrogen-bond donors (Lipinski definition) is 0. The molecule has 0 aliphatic heterocycles. The molecule has 10 heteroatoms. The third kappa shape index (κ3) is 4.24. The van der Waals surface area contributed by atoms with Gasteiger partial charge in [-0.15, -0.1) is 0 Å². The van der Waals surface area contributed by atoms with Crippen LogP contribution in [0.15, 0.2) is 75.5 Å². The summed E-state index contributed by atoms with van der Waals surface area (Å²) in [5.41, 5.74) is 2.11. The first-order valence-corrected chi connectivity index (χ1v) is 11.3. The van der Waals surface area contributed by atoms with Gasteiger partial charge in [0.15, 0.2) is 5.16 Å². The third-order valence-electron chi connectivity index (χ3n) is 5.05. The van der Waals surface area contributed by atoms with E-state index >= 15 is 0 Å². The highest BCUT2D eigenvalue weighted by atomic mass is 35.5. The molecular formula is C23H17ClN4O4S. The van der Waals surface area contributed by atoms with Gasteiger partial charge in [-0.25, -0.2) is 14.8 Å². The standard InChI is InChI=1S/C23H17ClN4O4S/c1-31-22(30)14-4-6-18-19(9-14)26-23(28(21(18)29)12-17-3-2-8-32-17)33-13-16-11-27-10-15(24)5-7-20(27)25-16/h2-11H,12-13H2,1H3. The van der Waals surface area contributed by atoms with Gasteiger partial charge in [-0.2, -0.15) is 0 Å². The quantitative estimate of drug-likeness (QED) is 0.202. The van der Waals surface area contributed by atoms with Crippen LogP contribution in [-0.4, -0.2) is 32.0 Å². The molecule has 8 nitrogen and oxygen atoms in total. The minimum atomic E-state index is -0.490. The average molecular weight is 481 g/mol. The van der Waals surface area contributed by atoms with Gasteiger partial charge in [-0.3, -0.25) is 9.36 Å². The Morgan fingerprint density at radius 3 is 2.85 bits per heavy atom. The number of nitrogens with zero attached hydrogens (tertiary/aromatic N) is 4. The number of methoxy groups -OCH3 is 1. The lowest BCUT2D eigenvalue weighted by molar-refractivity contribution is 0.0601. The Balaban J connectivity index is 1.55. The van der Waals surface area contributed by atoms with Crippen molar-refractivity contribution in [2.45, 2.75) is 17.5 Å². The third-order valence-corrected chi connectivity index (χ3v) is 6.28. The molecular weight excluding hydrogens is 464 g/mol. The molecule has 0 aliphatic carbocycles. The molecule has 0 radical (unpaired) electrons. The predicted octanol–water partition coefficient (Wildman–Crippen LogP) is 4.42. The van der Waals surface area contributed by atoms with Gasteiger partial charge >= 0.3 is 5.97 Å². The number of halogens is 1. The van der Waals surface area contributed by atoms with Crippen molar-refractivity contribution < 1.29 is 13.9 Å². The number of pyridine rings is 1. The van der Waals surface area contributed by atoms with Crippen LogP contribution in [0.25, 0.3) is 16.6 Å². The van der Waals surface area contributed by atoms with E-state index in [1.54, 1.807) is 53.4 Å². The molecule has 0 spiro atoms. The first-order valence-electron chi connectivity index (χ1n) is 9.93. The number of ether oxygens (including phenoxy) is 1. The molecule has 0 N–H and O–H groups in total. The van der Waals surface area contributed by atoms with Crippen molar-refractivity contribution in [3.05, 3.63) is 93.5 Å². The highest BCUT2D eigenvalue weighted by Crippen LogP contribution is 2.24. The van der Waals surface area contributed by atoms with Crippen LogP contribution in [0.4, 0.5) is 0 Å². The first-order chi connectivity index (χ1) is 16.0. The lowest BCUT2D eigenvalue weighted by Crippen LogP contribution is -2.24. The van der Waals surface area contributed by atoms with Gasteiger partial charge < -0.3 is 13.6 Å². The van der Waals surface area contributed by atoms with Crippen molar-refractivity contribution in [3.63, 3.8) is 0 Å². The summed E-state index contributed by atoms with van der Waals surface area (Å²) in [6, 6.07) is 11.9. The highest BCUT2D eigenvalue weighted by molar-refractivity contribution is 7.98. The Kier molecular flexibility index (Phi) is 5.65. The van der Waals surface area contributed by atoms with Crippen molar-refractivity contribution in [2.75, 3.05) is 7.11 Å². The predicted molar refractivity (Wildman–Crippen MR) is 125 cm³/mol. The average Bonchev–Trinajstić information content (AvgIpc) is 3.48. The Morgan fingerprint density at radius 2 is 2.06 bits per heavy atom. The van der Waals surface area contributed by atoms with Crippen LogP contribution in [0.3, 0.4) is 0 Å². The number of furan rings is 1. The minimum Gasteiger partial charge on any atom is -0.467 e. The van der Waals surface area contributed by atoms with E-state index in [1.165, 1.54) is 18.9 Å². The molecule has 0 saturated carbocycles. The Labute approximate surface area is 196 Å². The molecule has 0 fully saturated rings. The van der Waals surface area contributed by atoms with Crippen LogP contribution in [-0.2, 0) is 17.0 Å². The van der Waals surface area contributed by atoms with E-state index in [1.807, 2.05) is 16.7 Å². The zero-order valence-corrected chi connectivity index (χ0v) is 19.0. The van der Waals surface area contributed by atoms with E-state index in [0.717, 1.165) is 11.3 Å². The fourth-order valence-electron chi connectivity index (χ4n) is 3.48. The smallest absolute Gasteiger partial charge is 0.337 e. The fourth-order valence-corrected chi connectivity index (χ4v) is 4.53. The van der Waals surface area contributed by atoms with Crippen LogP contribution >= 0.6 is 23.4 Å². The summed E-state index contributed by atoms with van der Waals surface area (Å²) in [7, 11) is 1.31. The lowest BCUT2D eigenvalue weighted by Gasteiger charge is -2.12. The number of hydrogen-bond acceptors (Lipinski definition) is 7. The molecule has 5 aromatic rings. The van der Waals surface area contributed by atoms with Crippen LogP contribution in [0.5, 0.6) is 0 Å². The number of thioether (sulfide) groups is 1. The Bertz CT molecular complexity index is 1540. The molecule has 33 heavy (non-hydrogen) atoms. The van der Waals surface area contributed by atoms with Gasteiger partial charge in [-0.05, 0) is 42.5 Å². The molecule has 0 unspecified atom stereocenters. The number of benzene rings is 1. The molecule has 0 saturated heterocycles. The fraction of sp³-hybridized carbons (Fsp3) is 0.130. The summed E-state index contributed by atoms with van der Waals surface area (Å²) >= 11 is 7.44. The number of carbonyl (C=O) groups excluding carboxylic acids is 1. The maximum absolute atomic E-state index is 13.3. The maximum atomic E-state index is 13.3. The molecule has 166 valence electrons. The molecule has 0 amide bonds. The molecule has 5 rings (SSSR count). The van der Waals surface area contributed by atoms with Gasteiger partial charge in [0.2, 0.25) is 0 Å². The van der Waals surface area contributed by atoms with Crippen molar-refractivity contribution in [3.8, 4) is 0 Å². The van der Waals surface area contributed by atoms with E-state index in [4.69, 9.17) is 25.7 Å². The van der Waals surface area contributed by atoms with E-state index in [9.17, 15) is 9.59 Å². The molecule has 0 bridgehead atoms. The molecule has 4 heterocycles. The number of rotatable bonds is 6. The monoisotopic (exact) mass is 480 g/mol. The normalized spacial score (nSPS) is 11.3. The first kappa shape index (κ1) is 21.3. The van der Waals surface area contributed by atoms with Crippen molar-refractivity contribution >= 4 is 45.9 Å². The van der Waals surface area contributed by atoms with Crippen molar-refractivity contribution in [1.29, 1.82) is 0 Å².